The number of rotatable bonds is 45. The van der Waals surface area contributed by atoms with Gasteiger partial charge < -0.3 is 28.7 Å². The zero-order valence-electron chi connectivity index (χ0n) is 73.7. The lowest BCUT2D eigenvalue weighted by atomic mass is 9.91. The molecule has 5 aromatic carbocycles. The van der Waals surface area contributed by atoms with Gasteiger partial charge >= 0.3 is 0 Å². The highest BCUT2D eigenvalue weighted by Gasteiger charge is 2.39. The van der Waals surface area contributed by atoms with E-state index in [0.717, 1.165) is 32.1 Å². The molecule has 0 saturated heterocycles. The Kier molecular flexibility index (Phi) is 48.1. The van der Waals surface area contributed by atoms with Gasteiger partial charge in [0.2, 0.25) is 0 Å². The van der Waals surface area contributed by atoms with E-state index in [1.54, 1.807) is 0 Å². The predicted octanol–water partition coefficient (Wildman–Crippen LogP) is 30.5. The molecule has 0 spiro atoms. The second-order valence-electron chi connectivity index (χ2n) is 37.1. The average Bonchev–Trinajstić information content (AvgIpc) is 1.72. The SMILES string of the molecule is C.CCCCCCCCc1ccc(C2CCC(N)(CC)C2)cc1.CCCCCCCCc1ccc([C@@H]2CC[C@@](N)(CC)C2)cc1.CCCCCCCCc1ccc([C@@H]2CC[C@](N)(CC)C2)cc1.CCCCCCCCc1ccc([C@H]2CC[C@@](N)(CC)C2)cc1.CCCCCCCCc1ccc([C@H]2CC[C@](N)(CC)C2)cc1. The second kappa shape index (κ2) is 54.7. The van der Waals surface area contributed by atoms with E-state index in [1.807, 2.05) is 0 Å². The van der Waals surface area contributed by atoms with Gasteiger partial charge in [0.1, 0.15) is 0 Å². The minimum absolute atomic E-state index is 0. The highest BCUT2D eigenvalue weighted by molar-refractivity contribution is 5.32. The molecule has 5 heteroatoms. The monoisotopic (exact) mass is 1520 g/mol. The van der Waals surface area contributed by atoms with Gasteiger partial charge in [0.15, 0.2) is 0 Å². The molecule has 5 aliphatic rings. The van der Waals surface area contributed by atoms with Gasteiger partial charge in [-0.25, -0.2) is 0 Å². The summed E-state index contributed by atoms with van der Waals surface area (Å²) >= 11 is 0. The van der Waals surface area contributed by atoms with Crippen LogP contribution in [0.3, 0.4) is 0 Å². The summed E-state index contributed by atoms with van der Waals surface area (Å²) in [5.41, 5.74) is 47.7. The normalized spacial score (nSPS) is 24.5. The van der Waals surface area contributed by atoms with Crippen molar-refractivity contribution in [2.45, 2.75) is 487 Å². The molecule has 0 aromatic heterocycles. The molecule has 5 fully saturated rings. The zero-order chi connectivity index (χ0) is 79.2. The molecule has 10 atom stereocenters. The molecule has 111 heavy (non-hydrogen) atoms. The maximum Gasteiger partial charge on any atom is 0.0157 e. The summed E-state index contributed by atoms with van der Waals surface area (Å²) in [5.74, 6) is 3.44. The Bertz CT molecular complexity index is 2590. The van der Waals surface area contributed by atoms with Crippen LogP contribution in [0.25, 0.3) is 0 Å². The highest BCUT2D eigenvalue weighted by Crippen LogP contribution is 2.46. The van der Waals surface area contributed by atoms with Gasteiger partial charge in [-0.1, -0.05) is 359 Å². The van der Waals surface area contributed by atoms with Crippen molar-refractivity contribution in [2.75, 3.05) is 0 Å². The van der Waals surface area contributed by atoms with Gasteiger partial charge in [0.05, 0.1) is 0 Å². The van der Waals surface area contributed by atoms with Crippen molar-refractivity contribution in [3.63, 3.8) is 0 Å². The Morgan fingerprint density at radius 2 is 0.342 bits per heavy atom. The Labute approximate surface area is 688 Å². The molecule has 0 bridgehead atoms. The largest absolute Gasteiger partial charge is 0.325 e. The van der Waals surface area contributed by atoms with Crippen molar-refractivity contribution < 1.29 is 0 Å². The van der Waals surface area contributed by atoms with E-state index < -0.39 is 0 Å². The summed E-state index contributed by atoms with van der Waals surface area (Å²) < 4.78 is 0. The van der Waals surface area contributed by atoms with E-state index >= 15 is 0 Å². The van der Waals surface area contributed by atoms with E-state index in [2.05, 4.69) is 191 Å². The van der Waals surface area contributed by atoms with E-state index in [4.69, 9.17) is 28.7 Å². The minimum atomic E-state index is 0. The minimum Gasteiger partial charge on any atom is -0.325 e. The summed E-state index contributed by atoms with van der Waals surface area (Å²) in [4.78, 5) is 0. The van der Waals surface area contributed by atoms with Gasteiger partial charge in [0.25, 0.3) is 0 Å². The van der Waals surface area contributed by atoms with E-state index in [-0.39, 0.29) is 35.1 Å². The molecule has 2 unspecified atom stereocenters. The lowest BCUT2D eigenvalue weighted by molar-refractivity contribution is 0.418. The Morgan fingerprint density at radius 3 is 0.468 bits per heavy atom. The maximum atomic E-state index is 6.43. The average molecular weight is 1520 g/mol. The van der Waals surface area contributed by atoms with Crippen LogP contribution < -0.4 is 28.7 Å². The molecule has 0 aliphatic heterocycles. The summed E-state index contributed by atoms with van der Waals surface area (Å²) in [5, 5.41) is 0. The number of unbranched alkanes of at least 4 members (excludes halogenated alkanes) is 25. The first-order valence-electron chi connectivity index (χ1n) is 47.7. The smallest absolute Gasteiger partial charge is 0.0157 e. The number of nitrogens with two attached hydrogens (primary N) is 5. The lowest BCUT2D eigenvalue weighted by Gasteiger charge is -2.22. The third-order valence-electron chi connectivity index (χ3n) is 28.1. The van der Waals surface area contributed by atoms with Crippen molar-refractivity contribution >= 4 is 0 Å². The molecule has 0 radical (unpaired) electrons. The molecule has 0 amide bonds. The third kappa shape index (κ3) is 36.9. The molecule has 5 nitrogen and oxygen atoms in total. The van der Waals surface area contributed by atoms with E-state index in [1.165, 1.54) is 377 Å². The van der Waals surface area contributed by atoms with Crippen LogP contribution in [-0.4, -0.2) is 27.7 Å². The standard InChI is InChI=1S/5C21H35N.CH4/c5*1-3-5-6-7-8-9-10-18-11-13-19(14-12-18)20-15-16-21(22,4-2)17-20;/h5*11-14,20H,3-10,15-17,22H2,1-2H3;1H4/t2*20-,21+;2*20-,21-;;/m1010../s1. The fourth-order valence-electron chi connectivity index (χ4n) is 19.1. The van der Waals surface area contributed by atoms with Crippen molar-refractivity contribution in [1.82, 2.24) is 0 Å². The van der Waals surface area contributed by atoms with Crippen LogP contribution >= 0.6 is 0 Å². The van der Waals surface area contributed by atoms with Crippen molar-refractivity contribution in [3.05, 3.63) is 177 Å². The summed E-state index contributed by atoms with van der Waals surface area (Å²) in [6.45, 7) is 22.5. The molecule has 10 rings (SSSR count). The van der Waals surface area contributed by atoms with Crippen molar-refractivity contribution in [2.24, 2.45) is 28.7 Å². The highest BCUT2D eigenvalue weighted by atomic mass is 14.8. The number of aryl methyl sites for hydroxylation is 5. The number of hydrogen-bond acceptors (Lipinski definition) is 5. The van der Waals surface area contributed by atoms with Crippen molar-refractivity contribution in [3.8, 4) is 0 Å². The fraction of sp³-hybridized carbons (Fsp3) is 0.717. The van der Waals surface area contributed by atoms with Gasteiger partial charge in [-0.3, -0.25) is 0 Å². The van der Waals surface area contributed by atoms with Crippen LogP contribution in [0.2, 0.25) is 0 Å². The molecular weight excluding hydrogens is 1340 g/mol. The van der Waals surface area contributed by atoms with Crippen LogP contribution in [0.1, 0.15) is 483 Å². The zero-order valence-corrected chi connectivity index (χ0v) is 73.7. The molecular formula is C106H179N5. The predicted molar refractivity (Wildman–Crippen MR) is 493 cm³/mol. The molecule has 5 aliphatic carbocycles. The quantitative estimate of drug-likeness (QED) is 0.0248. The van der Waals surface area contributed by atoms with Crippen molar-refractivity contribution in [1.29, 1.82) is 0 Å². The van der Waals surface area contributed by atoms with Gasteiger partial charge in [-0.2, -0.15) is 0 Å². The van der Waals surface area contributed by atoms with Gasteiger partial charge in [-0.15, -0.1) is 0 Å². The van der Waals surface area contributed by atoms with Crippen LogP contribution in [0, 0.1) is 0 Å². The van der Waals surface area contributed by atoms with Crippen LogP contribution in [-0.2, 0) is 32.1 Å². The summed E-state index contributed by atoms with van der Waals surface area (Å²) in [7, 11) is 0. The Balaban J connectivity index is 0.000000248. The maximum absolute atomic E-state index is 6.43. The van der Waals surface area contributed by atoms with E-state index in [9.17, 15) is 0 Å². The summed E-state index contributed by atoms with van der Waals surface area (Å²) in [6, 6.07) is 47.1. The fourth-order valence-corrected chi connectivity index (χ4v) is 19.1. The van der Waals surface area contributed by atoms with Crippen LogP contribution in [0.5, 0.6) is 0 Å². The topological polar surface area (TPSA) is 130 Å². The Morgan fingerprint density at radius 1 is 0.207 bits per heavy atom. The van der Waals surface area contributed by atoms with Gasteiger partial charge in [0, 0.05) is 27.7 Å². The first-order valence-corrected chi connectivity index (χ1v) is 47.7. The number of hydrogen-bond donors (Lipinski definition) is 5. The van der Waals surface area contributed by atoms with Crippen LogP contribution in [0.15, 0.2) is 121 Å². The van der Waals surface area contributed by atoms with Crippen LogP contribution in [0.4, 0.5) is 0 Å². The van der Waals surface area contributed by atoms with E-state index in [0.29, 0.717) is 29.6 Å². The molecule has 5 saturated carbocycles. The first kappa shape index (κ1) is 97.5. The third-order valence-corrected chi connectivity index (χ3v) is 28.1. The second-order valence-corrected chi connectivity index (χ2v) is 37.1. The lowest BCUT2D eigenvalue weighted by Crippen LogP contribution is -2.35. The molecule has 628 valence electrons. The van der Waals surface area contributed by atoms with Gasteiger partial charge in [-0.05, 0) is 278 Å². The number of benzene rings is 5. The Hall–Kier alpha value is -4.10. The molecule has 0 heterocycles. The first-order chi connectivity index (χ1) is 53.3. The summed E-state index contributed by atoms with van der Waals surface area (Å²) in [6.07, 6.45) is 71.3. The molecule has 5 aromatic rings. The molecule has 10 N–H and O–H groups in total.